The quantitative estimate of drug-likeness (QED) is 0.790. The predicted molar refractivity (Wildman–Crippen MR) is 67.7 cm³/mol. The van der Waals surface area contributed by atoms with Gasteiger partial charge in [0, 0.05) is 17.8 Å². The number of anilines is 1. The fourth-order valence-corrected chi connectivity index (χ4v) is 2.16. The average molecular weight is 248 g/mol. The van der Waals surface area contributed by atoms with Gasteiger partial charge in [0.15, 0.2) is 6.29 Å². The lowest BCUT2D eigenvalue weighted by molar-refractivity contribution is -0.121. The Morgan fingerprint density at radius 2 is 2.33 bits per heavy atom. The van der Waals surface area contributed by atoms with E-state index in [9.17, 15) is 9.59 Å². The first-order valence-corrected chi connectivity index (χ1v) is 5.83. The van der Waals surface area contributed by atoms with Crippen LogP contribution in [0.2, 0.25) is 0 Å². The highest BCUT2D eigenvalue weighted by molar-refractivity contribution is 5.89. The van der Waals surface area contributed by atoms with E-state index < -0.39 is 11.9 Å². The summed E-state index contributed by atoms with van der Waals surface area (Å²) in [6.45, 7) is 3.26. The van der Waals surface area contributed by atoms with Crippen LogP contribution < -0.4 is 10.6 Å². The number of benzene rings is 1. The Kier molecular flexibility index (Phi) is 3.62. The molecule has 1 saturated heterocycles. The molecule has 1 amide bonds. The minimum atomic E-state index is -0.514. The third kappa shape index (κ3) is 2.36. The van der Waals surface area contributed by atoms with E-state index >= 15 is 0 Å². The van der Waals surface area contributed by atoms with Crippen LogP contribution in [-0.4, -0.2) is 38.0 Å². The number of nitrogens with zero attached hydrogens (tertiary/aromatic N) is 1. The molecule has 2 rings (SSSR count). The van der Waals surface area contributed by atoms with Crippen molar-refractivity contribution >= 4 is 17.9 Å². The molecule has 18 heavy (non-hydrogen) atoms. The van der Waals surface area contributed by atoms with E-state index in [2.05, 4.69) is 0 Å². The number of amides is 1. The van der Waals surface area contributed by atoms with Gasteiger partial charge in [-0.25, -0.2) is 0 Å². The van der Waals surface area contributed by atoms with E-state index in [-0.39, 0.29) is 6.61 Å². The van der Waals surface area contributed by atoms with Gasteiger partial charge in [0.1, 0.15) is 6.04 Å². The molecule has 1 unspecified atom stereocenters. The van der Waals surface area contributed by atoms with E-state index in [0.717, 1.165) is 17.5 Å². The first-order chi connectivity index (χ1) is 8.63. The largest absolute Gasteiger partial charge is 0.377 e. The number of primary amides is 1. The molecular formula is C13H16N2O3. The Morgan fingerprint density at radius 1 is 1.56 bits per heavy atom. The number of hydrogen-bond donors (Lipinski definition) is 1. The molecule has 1 aliphatic rings. The number of morpholine rings is 1. The van der Waals surface area contributed by atoms with Gasteiger partial charge in [-0.05, 0) is 19.1 Å². The van der Waals surface area contributed by atoms with E-state index in [0.29, 0.717) is 18.7 Å². The first-order valence-electron chi connectivity index (χ1n) is 5.83. The Hall–Kier alpha value is -1.88. The summed E-state index contributed by atoms with van der Waals surface area (Å²) >= 11 is 0. The van der Waals surface area contributed by atoms with Crippen molar-refractivity contribution in [2.24, 2.45) is 5.73 Å². The predicted octanol–water partition coefficient (Wildman–Crippen LogP) is 0.498. The SMILES string of the molecule is Cc1ccc(N2CCOCC2C(N)=O)c(C=O)c1. The third-order valence-corrected chi connectivity index (χ3v) is 3.08. The van der Waals surface area contributed by atoms with Gasteiger partial charge in [0.05, 0.1) is 13.2 Å². The Bertz CT molecular complexity index is 473. The molecule has 0 aromatic heterocycles. The second-order valence-electron chi connectivity index (χ2n) is 4.37. The van der Waals surface area contributed by atoms with Crippen molar-refractivity contribution in [2.75, 3.05) is 24.7 Å². The fraction of sp³-hybridized carbons (Fsp3) is 0.385. The Labute approximate surface area is 106 Å². The van der Waals surface area contributed by atoms with Crippen LogP contribution in [0.1, 0.15) is 15.9 Å². The fourth-order valence-electron chi connectivity index (χ4n) is 2.16. The molecule has 1 aromatic carbocycles. The van der Waals surface area contributed by atoms with Crippen LogP contribution in [0, 0.1) is 6.92 Å². The van der Waals surface area contributed by atoms with Crippen molar-refractivity contribution in [1.29, 1.82) is 0 Å². The zero-order chi connectivity index (χ0) is 13.1. The number of rotatable bonds is 3. The number of carbonyl (C=O) groups excluding carboxylic acids is 2. The number of hydrogen-bond acceptors (Lipinski definition) is 4. The molecule has 5 heteroatoms. The average Bonchev–Trinajstić information content (AvgIpc) is 2.38. The molecule has 1 aliphatic heterocycles. The van der Waals surface area contributed by atoms with Crippen LogP contribution >= 0.6 is 0 Å². The molecule has 1 heterocycles. The summed E-state index contributed by atoms with van der Waals surface area (Å²) in [5.74, 6) is -0.438. The summed E-state index contributed by atoms with van der Waals surface area (Å²) in [6.07, 6.45) is 0.801. The van der Waals surface area contributed by atoms with Crippen molar-refractivity contribution in [2.45, 2.75) is 13.0 Å². The summed E-state index contributed by atoms with van der Waals surface area (Å²) in [7, 11) is 0. The van der Waals surface area contributed by atoms with Crippen molar-refractivity contribution in [3.8, 4) is 0 Å². The molecule has 1 fully saturated rings. The molecule has 1 aromatic rings. The third-order valence-electron chi connectivity index (χ3n) is 3.08. The number of carbonyl (C=O) groups is 2. The van der Waals surface area contributed by atoms with E-state index in [1.807, 2.05) is 24.0 Å². The van der Waals surface area contributed by atoms with E-state index in [4.69, 9.17) is 10.5 Å². The minimum Gasteiger partial charge on any atom is -0.377 e. The lowest BCUT2D eigenvalue weighted by Crippen LogP contribution is -2.53. The van der Waals surface area contributed by atoms with Gasteiger partial charge >= 0.3 is 0 Å². The molecule has 5 nitrogen and oxygen atoms in total. The molecule has 0 bridgehead atoms. The topological polar surface area (TPSA) is 72.6 Å². The van der Waals surface area contributed by atoms with Gasteiger partial charge in [-0.15, -0.1) is 0 Å². The van der Waals surface area contributed by atoms with Crippen molar-refractivity contribution in [1.82, 2.24) is 0 Å². The number of ether oxygens (including phenoxy) is 1. The summed E-state index contributed by atoms with van der Waals surface area (Å²) in [5, 5.41) is 0. The smallest absolute Gasteiger partial charge is 0.242 e. The van der Waals surface area contributed by atoms with Crippen LogP contribution in [0.15, 0.2) is 18.2 Å². The van der Waals surface area contributed by atoms with Crippen molar-refractivity contribution in [3.63, 3.8) is 0 Å². The van der Waals surface area contributed by atoms with Crippen LogP contribution in [0.3, 0.4) is 0 Å². The second-order valence-corrected chi connectivity index (χ2v) is 4.37. The number of aryl methyl sites for hydroxylation is 1. The number of aldehydes is 1. The van der Waals surface area contributed by atoms with Gasteiger partial charge in [0.25, 0.3) is 0 Å². The Morgan fingerprint density at radius 3 is 3.00 bits per heavy atom. The Balaban J connectivity index is 2.39. The van der Waals surface area contributed by atoms with Crippen molar-refractivity contribution in [3.05, 3.63) is 29.3 Å². The summed E-state index contributed by atoms with van der Waals surface area (Å²) < 4.78 is 5.26. The van der Waals surface area contributed by atoms with Crippen LogP contribution in [-0.2, 0) is 9.53 Å². The zero-order valence-corrected chi connectivity index (χ0v) is 10.3. The van der Waals surface area contributed by atoms with Gasteiger partial charge in [-0.2, -0.15) is 0 Å². The molecule has 0 aliphatic carbocycles. The summed E-state index contributed by atoms with van der Waals surface area (Å²) in [4.78, 5) is 24.4. The molecule has 2 N–H and O–H groups in total. The molecule has 1 atom stereocenters. The lowest BCUT2D eigenvalue weighted by Gasteiger charge is -2.36. The minimum absolute atomic E-state index is 0.265. The van der Waals surface area contributed by atoms with Gasteiger partial charge in [0.2, 0.25) is 5.91 Å². The van der Waals surface area contributed by atoms with E-state index in [1.165, 1.54) is 0 Å². The van der Waals surface area contributed by atoms with Gasteiger partial charge in [-0.3, -0.25) is 9.59 Å². The normalized spacial score (nSPS) is 19.6. The van der Waals surface area contributed by atoms with Crippen molar-refractivity contribution < 1.29 is 14.3 Å². The highest BCUT2D eigenvalue weighted by Gasteiger charge is 2.29. The first kappa shape index (κ1) is 12.6. The lowest BCUT2D eigenvalue weighted by atomic mass is 10.1. The molecule has 0 saturated carbocycles. The highest BCUT2D eigenvalue weighted by atomic mass is 16.5. The maximum Gasteiger partial charge on any atom is 0.242 e. The molecule has 0 radical (unpaired) electrons. The van der Waals surface area contributed by atoms with Gasteiger partial charge in [-0.1, -0.05) is 11.6 Å². The molecule has 0 spiro atoms. The maximum absolute atomic E-state index is 11.4. The summed E-state index contributed by atoms with van der Waals surface area (Å²) in [5.41, 5.74) is 7.68. The van der Waals surface area contributed by atoms with Crippen LogP contribution in [0.25, 0.3) is 0 Å². The molecule has 96 valence electrons. The second kappa shape index (κ2) is 5.18. The number of nitrogens with two attached hydrogens (primary N) is 1. The standard InChI is InChI=1S/C13H16N2O3/c1-9-2-3-11(10(6-9)7-16)15-4-5-18-8-12(15)13(14)17/h2-3,6-7,12H,4-5,8H2,1H3,(H2,14,17). The van der Waals surface area contributed by atoms with Crippen LogP contribution in [0.4, 0.5) is 5.69 Å². The monoisotopic (exact) mass is 248 g/mol. The summed E-state index contributed by atoms with van der Waals surface area (Å²) in [6, 6.07) is 5.05. The van der Waals surface area contributed by atoms with Gasteiger partial charge < -0.3 is 15.4 Å². The zero-order valence-electron chi connectivity index (χ0n) is 10.3. The van der Waals surface area contributed by atoms with Crippen LogP contribution in [0.5, 0.6) is 0 Å². The highest BCUT2D eigenvalue weighted by Crippen LogP contribution is 2.24. The maximum atomic E-state index is 11.4. The molecular weight excluding hydrogens is 232 g/mol. The van der Waals surface area contributed by atoms with E-state index in [1.54, 1.807) is 6.07 Å².